The Morgan fingerprint density at radius 1 is 1.25 bits per heavy atom. The zero-order chi connectivity index (χ0) is 19.8. The summed E-state index contributed by atoms with van der Waals surface area (Å²) in [6, 6.07) is 12.2. The smallest absolute Gasteiger partial charge is 0.310 e. The number of ketones is 1. The highest BCUT2D eigenvalue weighted by molar-refractivity contribution is 6.30. The van der Waals surface area contributed by atoms with E-state index in [0.717, 1.165) is 5.56 Å². The predicted octanol–water partition coefficient (Wildman–Crippen LogP) is 3.59. The summed E-state index contributed by atoms with van der Waals surface area (Å²) >= 11 is 6.00. The van der Waals surface area contributed by atoms with E-state index >= 15 is 0 Å². The monoisotopic (exact) mass is 399 g/mol. The molecule has 1 amide bonds. The summed E-state index contributed by atoms with van der Waals surface area (Å²) in [5.74, 6) is -0.689. The molecule has 28 heavy (non-hydrogen) atoms. The van der Waals surface area contributed by atoms with Crippen molar-refractivity contribution in [3.63, 3.8) is 0 Å². The lowest BCUT2D eigenvalue weighted by Crippen LogP contribution is -2.27. The Kier molecular flexibility index (Phi) is 4.81. The lowest BCUT2D eigenvalue weighted by Gasteiger charge is -2.19. The van der Waals surface area contributed by atoms with E-state index in [0.29, 0.717) is 28.4 Å². The summed E-state index contributed by atoms with van der Waals surface area (Å²) < 4.78 is 10.7. The zero-order valence-corrected chi connectivity index (χ0v) is 15.9. The van der Waals surface area contributed by atoms with Gasteiger partial charge in [0.05, 0.1) is 11.6 Å². The molecule has 4 rings (SSSR count). The third-order valence-corrected chi connectivity index (χ3v) is 5.16. The first kappa shape index (κ1) is 18.5. The zero-order valence-electron chi connectivity index (χ0n) is 15.1. The minimum Gasteiger partial charge on any atom is -0.482 e. The van der Waals surface area contributed by atoms with Crippen LogP contribution < -0.4 is 10.1 Å². The van der Waals surface area contributed by atoms with Crippen LogP contribution in [0.5, 0.6) is 5.75 Å². The Morgan fingerprint density at radius 2 is 2.07 bits per heavy atom. The SMILES string of the molecule is C[C@H](OC(=O)[C@@H]1C[C@H]1c1cccc(Cl)c1)C(=O)c1ccc2c(c1)NC(=O)CO2. The number of ether oxygens (including phenoxy) is 2. The van der Waals surface area contributed by atoms with Gasteiger partial charge in [0.25, 0.3) is 5.91 Å². The molecule has 1 saturated carbocycles. The molecule has 0 saturated heterocycles. The number of fused-ring (bicyclic) bond motifs is 1. The lowest BCUT2D eigenvalue weighted by atomic mass is 10.1. The maximum absolute atomic E-state index is 12.6. The summed E-state index contributed by atoms with van der Waals surface area (Å²) in [6.45, 7) is 1.50. The standard InChI is InChI=1S/C21H18ClNO5/c1-11(20(25)13-5-6-18-17(8-13)23-19(24)10-27-18)28-21(26)16-9-15(16)12-3-2-4-14(22)7-12/h2-8,11,15-16H,9-10H2,1H3,(H,23,24)/t11-,15-,16+/m0/s1. The van der Waals surface area contributed by atoms with Crippen LogP contribution in [-0.2, 0) is 14.3 Å². The van der Waals surface area contributed by atoms with Crippen molar-refractivity contribution in [2.24, 2.45) is 5.92 Å². The van der Waals surface area contributed by atoms with Crippen LogP contribution in [0.25, 0.3) is 0 Å². The predicted molar refractivity (Wildman–Crippen MR) is 103 cm³/mol. The van der Waals surface area contributed by atoms with Crippen molar-refractivity contribution in [2.75, 3.05) is 11.9 Å². The van der Waals surface area contributed by atoms with Crippen molar-refractivity contribution in [1.82, 2.24) is 0 Å². The second kappa shape index (κ2) is 7.28. The van der Waals surface area contributed by atoms with Gasteiger partial charge in [0.15, 0.2) is 12.7 Å². The summed E-state index contributed by atoms with van der Waals surface area (Å²) in [5.41, 5.74) is 1.77. The van der Waals surface area contributed by atoms with Crippen LogP contribution in [-0.4, -0.2) is 30.4 Å². The summed E-state index contributed by atoms with van der Waals surface area (Å²) in [6.07, 6.45) is -0.242. The Morgan fingerprint density at radius 3 is 2.86 bits per heavy atom. The van der Waals surface area contributed by atoms with Crippen molar-refractivity contribution < 1.29 is 23.9 Å². The molecule has 3 atom stereocenters. The fourth-order valence-corrected chi connectivity index (χ4v) is 3.55. The van der Waals surface area contributed by atoms with Crippen LogP contribution in [0.15, 0.2) is 42.5 Å². The number of rotatable bonds is 5. The summed E-state index contributed by atoms with van der Waals surface area (Å²) in [7, 11) is 0. The Balaban J connectivity index is 1.39. The van der Waals surface area contributed by atoms with Crippen molar-refractivity contribution in [3.8, 4) is 5.75 Å². The van der Waals surface area contributed by atoms with Crippen LogP contribution in [0.2, 0.25) is 5.02 Å². The van der Waals surface area contributed by atoms with E-state index in [2.05, 4.69) is 5.32 Å². The van der Waals surface area contributed by atoms with E-state index in [9.17, 15) is 14.4 Å². The fourth-order valence-electron chi connectivity index (χ4n) is 3.35. The fraction of sp³-hybridized carbons (Fsp3) is 0.286. The maximum Gasteiger partial charge on any atom is 0.310 e. The molecular weight excluding hydrogens is 382 g/mol. The molecule has 2 aromatic rings. The second-order valence-corrected chi connectivity index (χ2v) is 7.43. The number of esters is 1. The molecule has 0 aromatic heterocycles. The average Bonchev–Trinajstić information content (AvgIpc) is 3.48. The van der Waals surface area contributed by atoms with Crippen molar-refractivity contribution >= 4 is 34.9 Å². The first-order chi connectivity index (χ1) is 13.4. The largest absolute Gasteiger partial charge is 0.482 e. The van der Waals surface area contributed by atoms with Crippen LogP contribution in [0, 0.1) is 5.92 Å². The van der Waals surface area contributed by atoms with E-state index < -0.39 is 6.10 Å². The minimum absolute atomic E-state index is 0.0521. The van der Waals surface area contributed by atoms with Crippen LogP contribution in [0.4, 0.5) is 5.69 Å². The number of carbonyl (C=O) groups is 3. The van der Waals surface area contributed by atoms with Crippen molar-refractivity contribution in [3.05, 3.63) is 58.6 Å². The highest BCUT2D eigenvalue weighted by atomic mass is 35.5. The number of anilines is 1. The first-order valence-electron chi connectivity index (χ1n) is 8.99. The number of benzene rings is 2. The van der Waals surface area contributed by atoms with Gasteiger partial charge in [-0.25, -0.2) is 0 Å². The average molecular weight is 400 g/mol. The van der Waals surface area contributed by atoms with Gasteiger partial charge in [0.2, 0.25) is 5.78 Å². The third kappa shape index (κ3) is 3.73. The second-order valence-electron chi connectivity index (χ2n) is 6.99. The quantitative estimate of drug-likeness (QED) is 0.613. The van der Waals surface area contributed by atoms with Gasteiger partial charge < -0.3 is 14.8 Å². The van der Waals surface area contributed by atoms with E-state index in [1.54, 1.807) is 25.1 Å². The van der Waals surface area contributed by atoms with E-state index in [1.807, 2.05) is 18.2 Å². The Hall–Kier alpha value is -2.86. The minimum atomic E-state index is -0.925. The van der Waals surface area contributed by atoms with Crippen LogP contribution >= 0.6 is 11.6 Å². The van der Waals surface area contributed by atoms with Gasteiger partial charge in [-0.15, -0.1) is 0 Å². The maximum atomic E-state index is 12.6. The van der Waals surface area contributed by atoms with Gasteiger partial charge in [-0.1, -0.05) is 23.7 Å². The number of halogens is 1. The van der Waals surface area contributed by atoms with E-state index in [4.69, 9.17) is 21.1 Å². The normalized spacial score (nSPS) is 21.0. The highest BCUT2D eigenvalue weighted by Crippen LogP contribution is 2.48. The van der Waals surface area contributed by atoms with E-state index in [1.165, 1.54) is 6.07 Å². The number of nitrogens with one attached hydrogen (secondary N) is 1. The molecule has 2 aromatic carbocycles. The van der Waals surface area contributed by atoms with E-state index in [-0.39, 0.29) is 36.1 Å². The molecule has 2 aliphatic rings. The number of hydrogen-bond donors (Lipinski definition) is 1. The molecule has 1 N–H and O–H groups in total. The molecule has 1 aliphatic heterocycles. The number of carbonyl (C=O) groups excluding carboxylic acids is 3. The molecular formula is C21H18ClNO5. The number of amides is 1. The van der Waals surface area contributed by atoms with Gasteiger partial charge in [0.1, 0.15) is 5.75 Å². The first-order valence-corrected chi connectivity index (χ1v) is 9.37. The topological polar surface area (TPSA) is 81.7 Å². The molecule has 0 radical (unpaired) electrons. The molecule has 0 bridgehead atoms. The molecule has 1 fully saturated rings. The molecule has 1 heterocycles. The van der Waals surface area contributed by atoms with Gasteiger partial charge >= 0.3 is 5.97 Å². The highest BCUT2D eigenvalue weighted by Gasteiger charge is 2.46. The van der Waals surface area contributed by atoms with Crippen molar-refractivity contribution in [1.29, 1.82) is 0 Å². The Labute approximate surface area is 166 Å². The molecule has 0 unspecified atom stereocenters. The molecule has 144 valence electrons. The van der Waals surface area contributed by atoms with Crippen molar-refractivity contribution in [2.45, 2.75) is 25.4 Å². The molecule has 6 nitrogen and oxygen atoms in total. The number of Topliss-reactive ketones (excluding diaryl/α,β-unsaturated/α-hetero) is 1. The Bertz CT molecular complexity index is 973. The molecule has 0 spiro atoms. The van der Waals surface area contributed by atoms with Gasteiger partial charge in [-0.2, -0.15) is 0 Å². The molecule has 1 aliphatic carbocycles. The van der Waals surface area contributed by atoms with Gasteiger partial charge in [-0.05, 0) is 55.2 Å². The van der Waals surface area contributed by atoms with Crippen LogP contribution in [0.1, 0.15) is 35.2 Å². The molecule has 7 heteroatoms. The van der Waals surface area contributed by atoms with Gasteiger partial charge in [-0.3, -0.25) is 14.4 Å². The lowest BCUT2D eigenvalue weighted by molar-refractivity contribution is -0.148. The third-order valence-electron chi connectivity index (χ3n) is 4.93. The van der Waals surface area contributed by atoms with Gasteiger partial charge in [0, 0.05) is 10.6 Å². The summed E-state index contributed by atoms with van der Waals surface area (Å²) in [4.78, 5) is 36.5. The number of hydrogen-bond acceptors (Lipinski definition) is 5. The summed E-state index contributed by atoms with van der Waals surface area (Å²) in [5, 5.41) is 3.29. The van der Waals surface area contributed by atoms with Crippen LogP contribution in [0.3, 0.4) is 0 Å².